The maximum absolute atomic E-state index is 12.8. The molecule has 3 heteroatoms. The minimum absolute atomic E-state index is 0.155. The van der Waals surface area contributed by atoms with Crippen molar-refractivity contribution in [3.05, 3.63) is 24.2 Å². The van der Waals surface area contributed by atoms with E-state index in [1.807, 2.05) is 6.07 Å². The van der Waals surface area contributed by atoms with Gasteiger partial charge in [-0.25, -0.2) is 0 Å². The van der Waals surface area contributed by atoms with Crippen LogP contribution in [0.1, 0.15) is 64.9 Å². The second-order valence-corrected chi connectivity index (χ2v) is 9.25. The molecule has 3 aliphatic carbocycles. The van der Waals surface area contributed by atoms with Crippen LogP contribution in [-0.2, 0) is 11.2 Å². The SMILES string of the molecule is C[C@@H]1C[C@H]2CC(=O)[C@@]3(C)CCC[C@@](C)([C@@H]23)[C@@]1(O)CCc1ccoc1. The molecule has 4 rings (SSSR count). The Morgan fingerprint density at radius 3 is 2.83 bits per heavy atom. The Balaban J connectivity index is 1.70. The minimum Gasteiger partial charge on any atom is -0.472 e. The maximum Gasteiger partial charge on any atom is 0.139 e. The lowest BCUT2D eigenvalue weighted by molar-refractivity contribution is -0.218. The van der Waals surface area contributed by atoms with Crippen molar-refractivity contribution in [2.75, 3.05) is 0 Å². The van der Waals surface area contributed by atoms with Crippen LogP contribution in [0.3, 0.4) is 0 Å². The molecule has 3 fully saturated rings. The highest BCUT2D eigenvalue weighted by Gasteiger charge is 2.69. The average molecular weight is 330 g/mol. The van der Waals surface area contributed by atoms with E-state index in [0.717, 1.165) is 50.5 Å². The number of hydrogen-bond donors (Lipinski definition) is 1. The number of aliphatic hydroxyl groups is 1. The fraction of sp³-hybridized carbons (Fsp3) is 0.762. The summed E-state index contributed by atoms with van der Waals surface area (Å²) in [6.45, 7) is 6.67. The van der Waals surface area contributed by atoms with E-state index in [2.05, 4.69) is 20.8 Å². The van der Waals surface area contributed by atoms with Crippen LogP contribution in [0.25, 0.3) is 0 Å². The molecule has 0 unspecified atom stereocenters. The quantitative estimate of drug-likeness (QED) is 0.894. The van der Waals surface area contributed by atoms with Crippen LogP contribution in [-0.4, -0.2) is 16.5 Å². The van der Waals surface area contributed by atoms with Gasteiger partial charge < -0.3 is 9.52 Å². The number of Topliss-reactive ketones (excluding diaryl/α,β-unsaturated/α-hetero) is 1. The fourth-order valence-electron chi connectivity index (χ4n) is 7.00. The molecule has 0 saturated heterocycles. The standard InChI is InChI=1S/C21H30O3/c1-14-11-16-12-17(22)19(2)7-4-8-20(3,18(16)19)21(14,23)9-5-15-6-10-24-13-15/h6,10,13-14,16,18,23H,4-5,7-9,11-12H2,1-3H3/t14-,16+,18+,19-,20+,21-/m1/s1. The number of furan rings is 1. The van der Waals surface area contributed by atoms with E-state index in [-0.39, 0.29) is 16.7 Å². The number of carbonyl (C=O) groups is 1. The van der Waals surface area contributed by atoms with E-state index in [0.29, 0.717) is 17.6 Å². The number of ketones is 1. The molecular formula is C21H30O3. The third-order valence-electron chi connectivity index (χ3n) is 8.16. The first-order valence-electron chi connectivity index (χ1n) is 9.58. The van der Waals surface area contributed by atoms with Crippen LogP contribution in [0.15, 0.2) is 23.0 Å². The molecule has 6 atom stereocenters. The van der Waals surface area contributed by atoms with Gasteiger partial charge in [-0.15, -0.1) is 0 Å². The van der Waals surface area contributed by atoms with Crippen molar-refractivity contribution >= 4 is 5.78 Å². The molecule has 0 radical (unpaired) electrons. The van der Waals surface area contributed by atoms with E-state index in [1.54, 1.807) is 12.5 Å². The van der Waals surface area contributed by atoms with Crippen LogP contribution >= 0.6 is 0 Å². The largest absolute Gasteiger partial charge is 0.472 e. The van der Waals surface area contributed by atoms with Gasteiger partial charge in [0.2, 0.25) is 0 Å². The normalized spacial score (nSPS) is 47.7. The predicted octanol–water partition coefficient (Wildman–Crippen LogP) is 4.38. The maximum atomic E-state index is 12.8. The molecule has 3 nitrogen and oxygen atoms in total. The topological polar surface area (TPSA) is 50.4 Å². The predicted molar refractivity (Wildman–Crippen MR) is 92.4 cm³/mol. The first-order valence-corrected chi connectivity index (χ1v) is 9.58. The highest BCUT2D eigenvalue weighted by molar-refractivity contribution is 5.88. The highest BCUT2D eigenvalue weighted by Crippen LogP contribution is 2.69. The lowest BCUT2D eigenvalue weighted by Gasteiger charge is -2.63. The van der Waals surface area contributed by atoms with Gasteiger partial charge in [0, 0.05) is 17.3 Å². The van der Waals surface area contributed by atoms with Gasteiger partial charge in [-0.05, 0) is 61.5 Å². The van der Waals surface area contributed by atoms with Crippen molar-refractivity contribution in [2.45, 2.75) is 71.3 Å². The molecule has 3 aliphatic rings. The van der Waals surface area contributed by atoms with Crippen LogP contribution < -0.4 is 0 Å². The van der Waals surface area contributed by atoms with Gasteiger partial charge in [-0.3, -0.25) is 4.79 Å². The molecule has 0 aromatic carbocycles. The summed E-state index contributed by atoms with van der Waals surface area (Å²) in [5, 5.41) is 11.9. The summed E-state index contributed by atoms with van der Waals surface area (Å²) in [5.74, 6) is 1.51. The summed E-state index contributed by atoms with van der Waals surface area (Å²) < 4.78 is 5.19. The minimum atomic E-state index is -0.697. The lowest BCUT2D eigenvalue weighted by Crippen LogP contribution is -2.63. The second kappa shape index (κ2) is 5.20. The first-order chi connectivity index (χ1) is 11.3. The van der Waals surface area contributed by atoms with Crippen molar-refractivity contribution in [3.63, 3.8) is 0 Å². The van der Waals surface area contributed by atoms with Gasteiger partial charge in [0.15, 0.2) is 0 Å². The molecule has 0 aliphatic heterocycles. The number of aryl methyl sites for hydroxylation is 1. The molecule has 1 N–H and O–H groups in total. The van der Waals surface area contributed by atoms with Gasteiger partial charge in [-0.2, -0.15) is 0 Å². The van der Waals surface area contributed by atoms with E-state index >= 15 is 0 Å². The monoisotopic (exact) mass is 330 g/mol. The third kappa shape index (κ3) is 1.97. The summed E-state index contributed by atoms with van der Waals surface area (Å²) in [7, 11) is 0. The van der Waals surface area contributed by atoms with Crippen LogP contribution in [0.2, 0.25) is 0 Å². The number of hydrogen-bond acceptors (Lipinski definition) is 3. The van der Waals surface area contributed by atoms with Crippen molar-refractivity contribution in [2.24, 2.45) is 28.6 Å². The Bertz CT molecular complexity index is 636. The van der Waals surface area contributed by atoms with E-state index in [1.165, 1.54) is 0 Å². The number of carbonyl (C=O) groups excluding carboxylic acids is 1. The van der Waals surface area contributed by atoms with E-state index in [9.17, 15) is 9.90 Å². The smallest absolute Gasteiger partial charge is 0.139 e. The van der Waals surface area contributed by atoms with Gasteiger partial charge >= 0.3 is 0 Å². The summed E-state index contributed by atoms with van der Waals surface area (Å²) >= 11 is 0. The van der Waals surface area contributed by atoms with Crippen LogP contribution in [0.5, 0.6) is 0 Å². The molecule has 0 bridgehead atoms. The molecule has 24 heavy (non-hydrogen) atoms. The molecule has 132 valence electrons. The first kappa shape index (κ1) is 16.4. The van der Waals surface area contributed by atoms with Crippen LogP contribution in [0.4, 0.5) is 0 Å². The molecule has 0 amide bonds. The summed E-state index contributed by atoms with van der Waals surface area (Å²) in [4.78, 5) is 12.8. The summed E-state index contributed by atoms with van der Waals surface area (Å²) in [6.07, 6.45) is 9.93. The summed E-state index contributed by atoms with van der Waals surface area (Å²) in [5.41, 5.74) is 0.0969. The van der Waals surface area contributed by atoms with Gasteiger partial charge in [0.1, 0.15) is 5.78 Å². The molecule has 0 spiro atoms. The zero-order valence-electron chi connectivity index (χ0n) is 15.2. The van der Waals surface area contributed by atoms with Gasteiger partial charge in [0.05, 0.1) is 18.1 Å². The van der Waals surface area contributed by atoms with Crippen LogP contribution in [0, 0.1) is 28.6 Å². The molecule has 1 heterocycles. The van der Waals surface area contributed by atoms with Crippen molar-refractivity contribution in [1.29, 1.82) is 0 Å². The second-order valence-electron chi connectivity index (χ2n) is 9.25. The molecule has 3 saturated carbocycles. The molecular weight excluding hydrogens is 300 g/mol. The van der Waals surface area contributed by atoms with Gasteiger partial charge in [-0.1, -0.05) is 27.2 Å². The Labute approximate surface area is 144 Å². The van der Waals surface area contributed by atoms with Gasteiger partial charge in [0.25, 0.3) is 0 Å². The molecule has 1 aromatic rings. The van der Waals surface area contributed by atoms with E-state index in [4.69, 9.17) is 4.42 Å². The Hall–Kier alpha value is -1.09. The summed E-state index contributed by atoms with van der Waals surface area (Å²) in [6, 6.07) is 1.99. The number of rotatable bonds is 3. The Morgan fingerprint density at radius 2 is 2.12 bits per heavy atom. The van der Waals surface area contributed by atoms with Crippen molar-refractivity contribution in [1.82, 2.24) is 0 Å². The Morgan fingerprint density at radius 1 is 1.33 bits per heavy atom. The van der Waals surface area contributed by atoms with Crippen molar-refractivity contribution in [3.8, 4) is 0 Å². The zero-order valence-corrected chi connectivity index (χ0v) is 15.2. The fourth-order valence-corrected chi connectivity index (χ4v) is 7.00. The Kier molecular flexibility index (Phi) is 3.55. The van der Waals surface area contributed by atoms with E-state index < -0.39 is 5.60 Å². The highest BCUT2D eigenvalue weighted by atomic mass is 16.3. The average Bonchev–Trinajstić information content (AvgIpc) is 3.12. The van der Waals surface area contributed by atoms with Crippen molar-refractivity contribution < 1.29 is 14.3 Å². The lowest BCUT2D eigenvalue weighted by atomic mass is 9.43. The third-order valence-corrected chi connectivity index (χ3v) is 8.16. The molecule has 1 aromatic heterocycles. The zero-order chi connectivity index (χ0) is 17.2.